The minimum absolute atomic E-state index is 0.192. The first-order valence-electron chi connectivity index (χ1n) is 4.80. The number of nitrogen functional groups attached to an aromatic ring is 1. The van der Waals surface area contributed by atoms with Crippen molar-refractivity contribution in [3.63, 3.8) is 0 Å². The highest BCUT2D eigenvalue weighted by molar-refractivity contribution is 9.10. The van der Waals surface area contributed by atoms with Gasteiger partial charge < -0.3 is 10.5 Å². The van der Waals surface area contributed by atoms with Gasteiger partial charge in [-0.05, 0) is 33.6 Å². The Morgan fingerprint density at radius 1 is 1.29 bits per heavy atom. The summed E-state index contributed by atoms with van der Waals surface area (Å²) in [7, 11) is 0. The topological polar surface area (TPSA) is 61.0 Å². The highest BCUT2D eigenvalue weighted by atomic mass is 79.9. The molecule has 0 aliphatic heterocycles. The predicted octanol–water partition coefficient (Wildman–Crippen LogP) is 3.16. The van der Waals surface area contributed by atoms with Crippen LogP contribution in [-0.4, -0.2) is 9.97 Å². The zero-order valence-electron chi connectivity index (χ0n) is 8.73. The number of rotatable bonds is 3. The number of ether oxygens (including phenoxy) is 1. The fourth-order valence-corrected chi connectivity index (χ4v) is 2.00. The van der Waals surface area contributed by atoms with Crippen molar-refractivity contribution >= 4 is 37.8 Å². The van der Waals surface area contributed by atoms with Crippen LogP contribution in [0.2, 0.25) is 0 Å². The van der Waals surface area contributed by atoms with E-state index >= 15 is 0 Å². The van der Waals surface area contributed by atoms with Gasteiger partial charge in [-0.2, -0.15) is 4.98 Å². The zero-order valence-corrected chi connectivity index (χ0v) is 11.9. The van der Waals surface area contributed by atoms with Crippen LogP contribution in [0, 0.1) is 0 Å². The quantitative estimate of drug-likeness (QED) is 0.915. The van der Waals surface area contributed by atoms with E-state index in [1.54, 1.807) is 6.20 Å². The lowest BCUT2D eigenvalue weighted by Crippen LogP contribution is -2.01. The monoisotopic (exact) mass is 357 g/mol. The van der Waals surface area contributed by atoms with Crippen molar-refractivity contribution in [1.29, 1.82) is 0 Å². The molecule has 88 valence electrons. The van der Waals surface area contributed by atoms with Crippen LogP contribution >= 0.6 is 31.9 Å². The molecule has 0 saturated carbocycles. The van der Waals surface area contributed by atoms with Crippen molar-refractivity contribution in [3.8, 4) is 5.88 Å². The van der Waals surface area contributed by atoms with Crippen molar-refractivity contribution in [2.24, 2.45) is 0 Å². The summed E-state index contributed by atoms with van der Waals surface area (Å²) in [5, 5.41) is 0. The molecule has 1 heterocycles. The Hall–Kier alpha value is -1.14. The number of anilines is 1. The third-order valence-electron chi connectivity index (χ3n) is 2.00. The van der Waals surface area contributed by atoms with Crippen molar-refractivity contribution in [2.45, 2.75) is 6.61 Å². The van der Waals surface area contributed by atoms with E-state index in [2.05, 4.69) is 41.8 Å². The molecule has 6 heteroatoms. The second-order valence-electron chi connectivity index (χ2n) is 3.30. The van der Waals surface area contributed by atoms with Gasteiger partial charge >= 0.3 is 0 Å². The molecule has 0 bridgehead atoms. The second-order valence-corrected chi connectivity index (χ2v) is 5.07. The normalized spacial score (nSPS) is 10.2. The van der Waals surface area contributed by atoms with E-state index < -0.39 is 0 Å². The van der Waals surface area contributed by atoms with Crippen molar-refractivity contribution in [3.05, 3.63) is 45.0 Å². The van der Waals surface area contributed by atoms with Gasteiger partial charge in [-0.1, -0.05) is 28.1 Å². The minimum atomic E-state index is 0.192. The van der Waals surface area contributed by atoms with Gasteiger partial charge in [0.15, 0.2) is 0 Å². The first kappa shape index (κ1) is 12.3. The lowest BCUT2D eigenvalue weighted by molar-refractivity contribution is 0.291. The molecule has 0 saturated heterocycles. The van der Waals surface area contributed by atoms with Crippen LogP contribution in [0.15, 0.2) is 39.4 Å². The Balaban J connectivity index is 2.09. The highest BCUT2D eigenvalue weighted by Crippen LogP contribution is 2.23. The van der Waals surface area contributed by atoms with Crippen LogP contribution in [-0.2, 0) is 6.61 Å². The number of nitrogens with two attached hydrogens (primary N) is 1. The summed E-state index contributed by atoms with van der Waals surface area (Å²) in [6.07, 6.45) is 1.57. The Bertz CT molecular complexity index is 534. The first-order chi connectivity index (χ1) is 8.15. The van der Waals surface area contributed by atoms with Crippen LogP contribution in [0.5, 0.6) is 5.88 Å². The number of benzene rings is 1. The molecule has 0 radical (unpaired) electrons. The van der Waals surface area contributed by atoms with E-state index in [4.69, 9.17) is 10.5 Å². The molecule has 0 spiro atoms. The van der Waals surface area contributed by atoms with E-state index in [0.29, 0.717) is 17.0 Å². The van der Waals surface area contributed by atoms with Crippen molar-refractivity contribution < 1.29 is 4.74 Å². The summed E-state index contributed by atoms with van der Waals surface area (Å²) in [5.41, 5.74) is 6.53. The summed E-state index contributed by atoms with van der Waals surface area (Å²) >= 11 is 6.71. The molecule has 0 unspecified atom stereocenters. The Morgan fingerprint density at radius 2 is 2.12 bits per heavy atom. The number of aromatic nitrogens is 2. The minimum Gasteiger partial charge on any atom is -0.472 e. The van der Waals surface area contributed by atoms with Gasteiger partial charge in [-0.15, -0.1) is 0 Å². The van der Waals surface area contributed by atoms with E-state index in [0.717, 1.165) is 10.0 Å². The number of hydrogen-bond donors (Lipinski definition) is 1. The van der Waals surface area contributed by atoms with Crippen LogP contribution in [0.4, 0.5) is 5.95 Å². The molecule has 2 rings (SSSR count). The molecule has 0 amide bonds. The van der Waals surface area contributed by atoms with E-state index in [1.807, 2.05) is 24.3 Å². The molecule has 0 aliphatic carbocycles. The largest absolute Gasteiger partial charge is 0.472 e. The summed E-state index contributed by atoms with van der Waals surface area (Å²) in [5.74, 6) is 0.634. The predicted molar refractivity (Wildman–Crippen MR) is 72.6 cm³/mol. The molecule has 0 atom stereocenters. The maximum Gasteiger partial charge on any atom is 0.233 e. The van der Waals surface area contributed by atoms with Gasteiger partial charge in [-0.25, -0.2) is 4.98 Å². The number of nitrogens with zero attached hydrogens (tertiary/aromatic N) is 2. The molecule has 0 aliphatic rings. The fourth-order valence-electron chi connectivity index (χ4n) is 1.24. The zero-order chi connectivity index (χ0) is 12.3. The number of hydrogen-bond acceptors (Lipinski definition) is 4. The third kappa shape index (κ3) is 3.41. The Morgan fingerprint density at radius 3 is 2.88 bits per heavy atom. The van der Waals surface area contributed by atoms with Crippen molar-refractivity contribution in [1.82, 2.24) is 9.97 Å². The molecule has 2 N–H and O–H groups in total. The maximum absolute atomic E-state index is 5.56. The molecular formula is C11H9Br2N3O. The standard InChI is InChI=1S/C11H9Br2N3O/c12-8-3-1-2-7(4-8)6-17-10-9(13)5-15-11(14)16-10/h1-5H,6H2,(H2,14,15,16). The van der Waals surface area contributed by atoms with Crippen LogP contribution in [0.3, 0.4) is 0 Å². The summed E-state index contributed by atoms with van der Waals surface area (Å²) < 4.78 is 7.26. The SMILES string of the molecule is Nc1ncc(Br)c(OCc2cccc(Br)c2)n1. The van der Waals surface area contributed by atoms with Crippen molar-refractivity contribution in [2.75, 3.05) is 5.73 Å². The summed E-state index contributed by atoms with van der Waals surface area (Å²) in [6, 6.07) is 7.87. The van der Waals surface area contributed by atoms with Gasteiger partial charge in [0.25, 0.3) is 0 Å². The second kappa shape index (κ2) is 5.46. The third-order valence-corrected chi connectivity index (χ3v) is 3.03. The summed E-state index contributed by atoms with van der Waals surface area (Å²) in [4.78, 5) is 7.84. The van der Waals surface area contributed by atoms with Crippen LogP contribution in [0.25, 0.3) is 0 Å². The van der Waals surface area contributed by atoms with E-state index in [1.165, 1.54) is 0 Å². The van der Waals surface area contributed by atoms with Gasteiger partial charge in [-0.3, -0.25) is 0 Å². The Labute approximate surface area is 115 Å². The lowest BCUT2D eigenvalue weighted by atomic mass is 10.2. The molecule has 4 nitrogen and oxygen atoms in total. The van der Waals surface area contributed by atoms with Crippen LogP contribution < -0.4 is 10.5 Å². The molecule has 1 aromatic carbocycles. The smallest absolute Gasteiger partial charge is 0.233 e. The van der Waals surface area contributed by atoms with E-state index in [-0.39, 0.29) is 5.95 Å². The van der Waals surface area contributed by atoms with Gasteiger partial charge in [0.2, 0.25) is 11.8 Å². The lowest BCUT2D eigenvalue weighted by Gasteiger charge is -2.07. The molecular weight excluding hydrogens is 350 g/mol. The fraction of sp³-hybridized carbons (Fsp3) is 0.0909. The molecule has 0 fully saturated rings. The van der Waals surface area contributed by atoms with Gasteiger partial charge in [0, 0.05) is 4.47 Å². The Kier molecular flexibility index (Phi) is 3.96. The summed E-state index contributed by atoms with van der Waals surface area (Å²) in [6.45, 7) is 0.425. The first-order valence-corrected chi connectivity index (χ1v) is 6.39. The highest BCUT2D eigenvalue weighted by Gasteiger charge is 2.05. The van der Waals surface area contributed by atoms with Crippen LogP contribution in [0.1, 0.15) is 5.56 Å². The average molecular weight is 359 g/mol. The molecule has 17 heavy (non-hydrogen) atoms. The number of halogens is 2. The van der Waals surface area contributed by atoms with E-state index in [9.17, 15) is 0 Å². The average Bonchev–Trinajstić information content (AvgIpc) is 2.30. The van der Waals surface area contributed by atoms with Gasteiger partial charge in [0.1, 0.15) is 6.61 Å². The molecule has 1 aromatic heterocycles. The molecule has 2 aromatic rings. The van der Waals surface area contributed by atoms with Gasteiger partial charge in [0.05, 0.1) is 10.7 Å². The maximum atomic E-state index is 5.56.